The highest BCUT2D eigenvalue weighted by molar-refractivity contribution is 7.19. The number of hydrogen-bond donors (Lipinski definition) is 1. The van der Waals surface area contributed by atoms with Crippen molar-refractivity contribution in [3.8, 4) is 5.19 Å². The Kier molecular flexibility index (Phi) is 1.94. The number of methoxy groups -OCH3 is 1. The molecular weight excluding hydrogens is 224 g/mol. The highest BCUT2D eigenvalue weighted by Crippen LogP contribution is 2.27. The van der Waals surface area contributed by atoms with Gasteiger partial charge in [-0.25, -0.2) is 0 Å². The molecule has 0 saturated heterocycles. The molecule has 0 amide bonds. The van der Waals surface area contributed by atoms with Gasteiger partial charge in [0.25, 0.3) is 10.8 Å². The lowest BCUT2D eigenvalue weighted by Gasteiger charge is -1.94. The lowest BCUT2D eigenvalue weighted by atomic mass is 10.2. The minimum atomic E-state index is -0.247. The molecule has 1 N–H and O–H groups in total. The third kappa shape index (κ3) is 1.22. The predicted octanol–water partition coefficient (Wildman–Crippen LogP) is 2.15. The van der Waals surface area contributed by atoms with Crippen LogP contribution in [0.5, 0.6) is 5.19 Å². The van der Waals surface area contributed by atoms with E-state index < -0.39 is 0 Å². The molecule has 4 nitrogen and oxygen atoms in total. The number of fused-ring (bicyclic) bond motifs is 3. The van der Waals surface area contributed by atoms with Crippen LogP contribution in [0.15, 0.2) is 29.1 Å². The summed E-state index contributed by atoms with van der Waals surface area (Å²) in [5.41, 5.74) is 0.698. The molecule has 0 aliphatic carbocycles. The number of benzene rings is 1. The average molecular weight is 232 g/mol. The van der Waals surface area contributed by atoms with Crippen LogP contribution < -0.4 is 10.3 Å². The Labute approximate surface area is 94.5 Å². The Balaban J connectivity index is 2.55. The number of aromatic amines is 1. The number of rotatable bonds is 1. The first-order valence-electron chi connectivity index (χ1n) is 4.75. The lowest BCUT2D eigenvalue weighted by Crippen LogP contribution is -2.05. The maximum Gasteiger partial charge on any atom is 0.284 e. The van der Waals surface area contributed by atoms with Gasteiger partial charge in [0, 0.05) is 10.9 Å². The first-order chi connectivity index (χ1) is 7.79. The first-order valence-corrected chi connectivity index (χ1v) is 5.57. The van der Waals surface area contributed by atoms with Crippen molar-refractivity contribution in [3.63, 3.8) is 0 Å². The summed E-state index contributed by atoms with van der Waals surface area (Å²) in [6.07, 6.45) is 0. The monoisotopic (exact) mass is 232 g/mol. The van der Waals surface area contributed by atoms with Crippen molar-refractivity contribution in [1.29, 1.82) is 0 Å². The normalized spacial score (nSPS) is 11.1. The Morgan fingerprint density at radius 1 is 1.38 bits per heavy atom. The van der Waals surface area contributed by atoms with E-state index in [4.69, 9.17) is 4.74 Å². The molecule has 0 unspecified atom stereocenters. The van der Waals surface area contributed by atoms with Gasteiger partial charge in [-0.05, 0) is 6.07 Å². The molecule has 0 bridgehead atoms. The van der Waals surface area contributed by atoms with Crippen LogP contribution in [-0.2, 0) is 0 Å². The maximum atomic E-state index is 11.8. The number of hydrogen-bond acceptors (Lipinski definition) is 4. The minimum Gasteiger partial charge on any atom is -0.473 e. The standard InChI is InChI=1S/C11H8N2O2S/c1-15-11-13-9(14)8-6-4-2-3-5-7(6)12-10(8)16-11/h2-5,12H,1H3. The van der Waals surface area contributed by atoms with Crippen LogP contribution in [0, 0.1) is 0 Å². The van der Waals surface area contributed by atoms with Crippen LogP contribution in [0.4, 0.5) is 0 Å². The second-order valence-electron chi connectivity index (χ2n) is 3.36. The van der Waals surface area contributed by atoms with E-state index in [9.17, 15) is 4.79 Å². The molecule has 1 aromatic carbocycles. The van der Waals surface area contributed by atoms with E-state index in [1.807, 2.05) is 24.3 Å². The summed E-state index contributed by atoms with van der Waals surface area (Å²) in [6.45, 7) is 0. The summed E-state index contributed by atoms with van der Waals surface area (Å²) in [5, 5.41) is 1.93. The van der Waals surface area contributed by atoms with Crippen LogP contribution in [0.2, 0.25) is 0 Å². The molecule has 2 aromatic heterocycles. The average Bonchev–Trinajstić information content (AvgIpc) is 2.67. The minimum absolute atomic E-state index is 0.247. The zero-order valence-corrected chi connectivity index (χ0v) is 9.30. The molecule has 0 fully saturated rings. The highest BCUT2D eigenvalue weighted by Gasteiger charge is 2.10. The number of H-pyrrole nitrogens is 1. The summed E-state index contributed by atoms with van der Waals surface area (Å²) in [5.74, 6) is 0. The molecule has 0 saturated carbocycles. The second-order valence-corrected chi connectivity index (χ2v) is 4.33. The van der Waals surface area contributed by atoms with Crippen LogP contribution in [-0.4, -0.2) is 17.1 Å². The van der Waals surface area contributed by atoms with E-state index in [0.717, 1.165) is 15.7 Å². The van der Waals surface area contributed by atoms with Gasteiger partial charge >= 0.3 is 0 Å². The van der Waals surface area contributed by atoms with Gasteiger partial charge in [0.1, 0.15) is 4.83 Å². The number of aromatic nitrogens is 2. The Morgan fingerprint density at radius 3 is 3.00 bits per heavy atom. The van der Waals surface area contributed by atoms with Crippen molar-refractivity contribution in [2.75, 3.05) is 7.11 Å². The van der Waals surface area contributed by atoms with Crippen LogP contribution in [0.1, 0.15) is 0 Å². The summed E-state index contributed by atoms with van der Waals surface area (Å²) in [6, 6.07) is 7.69. The van der Waals surface area contributed by atoms with Crippen molar-refractivity contribution < 1.29 is 4.74 Å². The Morgan fingerprint density at radius 2 is 2.19 bits per heavy atom. The molecule has 0 spiro atoms. The van der Waals surface area contributed by atoms with Crippen molar-refractivity contribution in [3.05, 3.63) is 34.6 Å². The number of ether oxygens (including phenoxy) is 1. The highest BCUT2D eigenvalue weighted by atomic mass is 32.1. The fourth-order valence-electron chi connectivity index (χ4n) is 1.74. The van der Waals surface area contributed by atoms with E-state index in [-0.39, 0.29) is 5.56 Å². The summed E-state index contributed by atoms with van der Waals surface area (Å²) in [7, 11) is 1.51. The molecule has 3 aromatic rings. The van der Waals surface area contributed by atoms with E-state index in [0.29, 0.717) is 10.6 Å². The number of para-hydroxylation sites is 1. The van der Waals surface area contributed by atoms with Gasteiger partial charge in [0.15, 0.2) is 0 Å². The summed E-state index contributed by atoms with van der Waals surface area (Å²) in [4.78, 5) is 19.7. The molecule has 0 atom stereocenters. The summed E-state index contributed by atoms with van der Waals surface area (Å²) < 4.78 is 4.99. The maximum absolute atomic E-state index is 11.8. The van der Waals surface area contributed by atoms with Gasteiger partial charge in [-0.3, -0.25) is 4.79 Å². The molecule has 3 rings (SSSR count). The molecule has 0 aliphatic rings. The van der Waals surface area contributed by atoms with Crippen molar-refractivity contribution in [2.24, 2.45) is 0 Å². The van der Waals surface area contributed by atoms with Crippen molar-refractivity contribution >= 4 is 32.5 Å². The zero-order chi connectivity index (χ0) is 11.1. The smallest absolute Gasteiger partial charge is 0.284 e. The van der Waals surface area contributed by atoms with E-state index in [1.54, 1.807) is 0 Å². The van der Waals surface area contributed by atoms with Crippen LogP contribution >= 0.6 is 11.3 Å². The van der Waals surface area contributed by atoms with Crippen molar-refractivity contribution in [2.45, 2.75) is 0 Å². The van der Waals surface area contributed by atoms with E-state index in [2.05, 4.69) is 9.97 Å². The molecular formula is C11H8N2O2S. The number of nitrogens with one attached hydrogen (secondary N) is 1. The fourth-order valence-corrected chi connectivity index (χ4v) is 2.59. The Hall–Kier alpha value is -1.88. The van der Waals surface area contributed by atoms with Crippen LogP contribution in [0.3, 0.4) is 0 Å². The van der Waals surface area contributed by atoms with Gasteiger partial charge in [-0.15, -0.1) is 0 Å². The number of nitrogens with zero attached hydrogens (tertiary/aromatic N) is 1. The van der Waals surface area contributed by atoms with Gasteiger partial charge in [0.05, 0.1) is 12.5 Å². The molecule has 0 aliphatic heterocycles. The van der Waals surface area contributed by atoms with Gasteiger partial charge in [-0.1, -0.05) is 29.5 Å². The quantitative estimate of drug-likeness (QED) is 0.699. The zero-order valence-electron chi connectivity index (χ0n) is 8.48. The lowest BCUT2D eigenvalue weighted by molar-refractivity contribution is 0.410. The Bertz CT molecular complexity index is 730. The second kappa shape index (κ2) is 3.31. The largest absolute Gasteiger partial charge is 0.473 e. The topological polar surface area (TPSA) is 55.0 Å². The molecule has 80 valence electrons. The van der Waals surface area contributed by atoms with Gasteiger partial charge < -0.3 is 9.72 Å². The van der Waals surface area contributed by atoms with Crippen molar-refractivity contribution in [1.82, 2.24) is 9.97 Å². The third-order valence-electron chi connectivity index (χ3n) is 2.44. The van der Waals surface area contributed by atoms with Gasteiger partial charge in [-0.2, -0.15) is 4.98 Å². The van der Waals surface area contributed by atoms with Gasteiger partial charge in [0.2, 0.25) is 0 Å². The SMILES string of the molecule is COc1nc(=O)c2c([nH]c3ccccc32)s1. The molecule has 0 radical (unpaired) electrons. The molecule has 5 heteroatoms. The van der Waals surface area contributed by atoms with Crippen LogP contribution in [0.25, 0.3) is 21.1 Å². The molecule has 16 heavy (non-hydrogen) atoms. The third-order valence-corrected chi connectivity index (χ3v) is 3.39. The summed E-state index contributed by atoms with van der Waals surface area (Å²) >= 11 is 1.34. The first kappa shape index (κ1) is 9.35. The molecule has 2 heterocycles. The fraction of sp³-hybridized carbons (Fsp3) is 0.0909. The van der Waals surface area contributed by atoms with E-state index in [1.165, 1.54) is 18.4 Å². The van der Waals surface area contributed by atoms with E-state index >= 15 is 0 Å². The predicted molar refractivity (Wildman–Crippen MR) is 64.3 cm³/mol.